The molecule has 2 fully saturated rings. The number of nitrogens with one attached hydrogen (secondary N) is 1. The van der Waals surface area contributed by atoms with Gasteiger partial charge in [0, 0.05) is 31.4 Å². The number of hydrogen-bond donors (Lipinski definition) is 1. The molecule has 2 aliphatic rings. The molecule has 1 aliphatic carbocycles. The predicted octanol–water partition coefficient (Wildman–Crippen LogP) is 4.13. The molecule has 28 heavy (non-hydrogen) atoms. The van der Waals surface area contributed by atoms with Gasteiger partial charge in [0.2, 0.25) is 11.9 Å². The average molecular weight is 379 g/mol. The standard InChI is InChI=1S/C23H30N4O/c28-22(20-12-16-27(17-13-20)23-24-14-7-15-25-23)26-21(18-8-3-1-4-9-18)19-10-5-2-6-11-19/h1,3-4,7-9,14-15,19-21H,2,5-6,10-13,16-17H2,(H,26,28). The first-order valence-electron chi connectivity index (χ1n) is 10.7. The number of aromatic nitrogens is 2. The van der Waals surface area contributed by atoms with Gasteiger partial charge in [-0.1, -0.05) is 49.6 Å². The Kier molecular flexibility index (Phi) is 6.20. The SMILES string of the molecule is O=C(NC(c1ccccc1)C1CCCCC1)C1CCN(c2ncccn2)CC1. The van der Waals surface area contributed by atoms with Crippen molar-refractivity contribution in [2.45, 2.75) is 51.0 Å². The maximum Gasteiger partial charge on any atom is 0.225 e. The maximum absolute atomic E-state index is 13.1. The predicted molar refractivity (Wildman–Crippen MR) is 111 cm³/mol. The van der Waals surface area contributed by atoms with Crippen LogP contribution in [-0.2, 0) is 4.79 Å². The van der Waals surface area contributed by atoms with Gasteiger partial charge in [-0.05, 0) is 43.2 Å². The van der Waals surface area contributed by atoms with Gasteiger partial charge < -0.3 is 10.2 Å². The Morgan fingerprint density at radius 3 is 2.29 bits per heavy atom. The molecule has 1 unspecified atom stereocenters. The topological polar surface area (TPSA) is 58.1 Å². The third-order valence-electron chi connectivity index (χ3n) is 6.28. The third-order valence-corrected chi connectivity index (χ3v) is 6.28. The zero-order valence-corrected chi connectivity index (χ0v) is 16.5. The second-order valence-electron chi connectivity index (χ2n) is 8.11. The minimum absolute atomic E-state index is 0.0785. The van der Waals surface area contributed by atoms with Crippen LogP contribution in [0.4, 0.5) is 5.95 Å². The Labute approximate surface area is 167 Å². The van der Waals surface area contributed by atoms with Gasteiger partial charge in [0.15, 0.2) is 0 Å². The Balaban J connectivity index is 1.39. The van der Waals surface area contributed by atoms with E-state index >= 15 is 0 Å². The van der Waals surface area contributed by atoms with Crippen molar-refractivity contribution >= 4 is 11.9 Å². The number of benzene rings is 1. The van der Waals surface area contributed by atoms with Crippen molar-refractivity contribution in [3.63, 3.8) is 0 Å². The summed E-state index contributed by atoms with van der Waals surface area (Å²) in [4.78, 5) is 24.0. The molecule has 1 aromatic carbocycles. The summed E-state index contributed by atoms with van der Waals surface area (Å²) in [5, 5.41) is 3.44. The van der Waals surface area contributed by atoms with Gasteiger partial charge in [-0.3, -0.25) is 4.79 Å². The lowest BCUT2D eigenvalue weighted by Crippen LogP contribution is -2.43. The van der Waals surface area contributed by atoms with Crippen LogP contribution in [0.25, 0.3) is 0 Å². The van der Waals surface area contributed by atoms with Crippen molar-refractivity contribution < 1.29 is 4.79 Å². The Bertz CT molecular complexity index is 738. The van der Waals surface area contributed by atoms with Crippen LogP contribution in [0.15, 0.2) is 48.8 Å². The van der Waals surface area contributed by atoms with Crippen molar-refractivity contribution in [1.29, 1.82) is 0 Å². The van der Waals surface area contributed by atoms with Crippen LogP contribution in [0, 0.1) is 11.8 Å². The van der Waals surface area contributed by atoms with Crippen molar-refractivity contribution in [1.82, 2.24) is 15.3 Å². The highest BCUT2D eigenvalue weighted by atomic mass is 16.2. The molecule has 2 aromatic rings. The summed E-state index contributed by atoms with van der Waals surface area (Å²) < 4.78 is 0. The first-order valence-corrected chi connectivity index (χ1v) is 10.7. The molecule has 5 nitrogen and oxygen atoms in total. The second kappa shape index (κ2) is 9.18. The summed E-state index contributed by atoms with van der Waals surface area (Å²) in [6.45, 7) is 1.67. The number of rotatable bonds is 5. The minimum atomic E-state index is 0.0785. The smallest absolute Gasteiger partial charge is 0.225 e. The van der Waals surface area contributed by atoms with Gasteiger partial charge >= 0.3 is 0 Å². The zero-order valence-electron chi connectivity index (χ0n) is 16.5. The first kappa shape index (κ1) is 18.9. The molecule has 0 bridgehead atoms. The van der Waals surface area contributed by atoms with Crippen LogP contribution in [0.2, 0.25) is 0 Å². The van der Waals surface area contributed by atoms with Crippen molar-refractivity contribution in [2.75, 3.05) is 18.0 Å². The van der Waals surface area contributed by atoms with E-state index in [2.05, 4.69) is 44.5 Å². The molecule has 0 radical (unpaired) electrons. The molecule has 5 heteroatoms. The van der Waals surface area contributed by atoms with E-state index in [1.165, 1.54) is 37.7 Å². The molecular formula is C23H30N4O. The van der Waals surface area contributed by atoms with E-state index in [9.17, 15) is 4.79 Å². The summed E-state index contributed by atoms with van der Waals surface area (Å²) in [6, 6.07) is 12.5. The number of amides is 1. The molecule has 1 aliphatic heterocycles. The van der Waals surface area contributed by atoms with Crippen LogP contribution >= 0.6 is 0 Å². The highest BCUT2D eigenvalue weighted by Crippen LogP contribution is 2.35. The lowest BCUT2D eigenvalue weighted by molar-refractivity contribution is -0.126. The second-order valence-corrected chi connectivity index (χ2v) is 8.11. The van der Waals surface area contributed by atoms with Crippen molar-refractivity contribution in [2.24, 2.45) is 11.8 Å². The van der Waals surface area contributed by atoms with E-state index in [1.54, 1.807) is 12.4 Å². The highest BCUT2D eigenvalue weighted by Gasteiger charge is 2.31. The number of nitrogens with zero attached hydrogens (tertiary/aromatic N) is 3. The molecule has 1 amide bonds. The van der Waals surface area contributed by atoms with Gasteiger partial charge in [0.1, 0.15) is 0 Å². The Morgan fingerprint density at radius 1 is 0.929 bits per heavy atom. The summed E-state index contributed by atoms with van der Waals surface area (Å²) in [6.07, 6.45) is 11.6. The number of piperidine rings is 1. The first-order chi connectivity index (χ1) is 13.8. The van der Waals surface area contributed by atoms with Gasteiger partial charge in [0.05, 0.1) is 6.04 Å². The van der Waals surface area contributed by atoms with E-state index in [1.807, 2.05) is 12.1 Å². The van der Waals surface area contributed by atoms with Crippen LogP contribution in [0.1, 0.15) is 56.6 Å². The summed E-state index contributed by atoms with van der Waals surface area (Å²) in [5.41, 5.74) is 1.25. The normalized spacial score (nSPS) is 19.9. The number of anilines is 1. The molecule has 0 spiro atoms. The summed E-state index contributed by atoms with van der Waals surface area (Å²) >= 11 is 0. The minimum Gasteiger partial charge on any atom is -0.349 e. The lowest BCUT2D eigenvalue weighted by atomic mass is 9.80. The van der Waals surface area contributed by atoms with E-state index in [4.69, 9.17) is 0 Å². The zero-order chi connectivity index (χ0) is 19.2. The quantitative estimate of drug-likeness (QED) is 0.850. The van der Waals surface area contributed by atoms with Gasteiger partial charge in [-0.15, -0.1) is 0 Å². The maximum atomic E-state index is 13.1. The molecular weight excluding hydrogens is 348 g/mol. The van der Waals surface area contributed by atoms with Crippen LogP contribution in [-0.4, -0.2) is 29.0 Å². The number of carbonyl (C=O) groups excluding carboxylic acids is 1. The number of carbonyl (C=O) groups is 1. The monoisotopic (exact) mass is 378 g/mol. The van der Waals surface area contributed by atoms with Crippen LogP contribution in [0.3, 0.4) is 0 Å². The summed E-state index contributed by atoms with van der Waals surface area (Å²) in [5.74, 6) is 1.62. The number of hydrogen-bond acceptors (Lipinski definition) is 4. The van der Waals surface area contributed by atoms with E-state index in [0.717, 1.165) is 31.9 Å². The van der Waals surface area contributed by atoms with Crippen molar-refractivity contribution in [3.8, 4) is 0 Å². The van der Waals surface area contributed by atoms with Gasteiger partial charge in [0.25, 0.3) is 0 Å². The fourth-order valence-corrected chi connectivity index (χ4v) is 4.67. The molecule has 1 saturated heterocycles. The largest absolute Gasteiger partial charge is 0.349 e. The molecule has 2 heterocycles. The average Bonchev–Trinajstić information content (AvgIpc) is 2.79. The fraction of sp³-hybridized carbons (Fsp3) is 0.522. The van der Waals surface area contributed by atoms with E-state index < -0.39 is 0 Å². The molecule has 1 saturated carbocycles. The highest BCUT2D eigenvalue weighted by molar-refractivity contribution is 5.79. The van der Waals surface area contributed by atoms with Gasteiger partial charge in [-0.25, -0.2) is 9.97 Å². The van der Waals surface area contributed by atoms with E-state index in [-0.39, 0.29) is 17.9 Å². The van der Waals surface area contributed by atoms with Gasteiger partial charge in [-0.2, -0.15) is 0 Å². The van der Waals surface area contributed by atoms with Crippen molar-refractivity contribution in [3.05, 3.63) is 54.4 Å². The van der Waals surface area contributed by atoms with E-state index in [0.29, 0.717) is 5.92 Å². The molecule has 1 atom stereocenters. The van der Waals surface area contributed by atoms with Crippen LogP contribution < -0.4 is 10.2 Å². The molecule has 1 aromatic heterocycles. The Hall–Kier alpha value is -2.43. The molecule has 4 rings (SSSR count). The Morgan fingerprint density at radius 2 is 1.61 bits per heavy atom. The lowest BCUT2D eigenvalue weighted by Gasteiger charge is -2.35. The fourth-order valence-electron chi connectivity index (χ4n) is 4.67. The summed E-state index contributed by atoms with van der Waals surface area (Å²) in [7, 11) is 0. The molecule has 1 N–H and O–H groups in total. The van der Waals surface area contributed by atoms with Crippen LogP contribution in [0.5, 0.6) is 0 Å². The molecule has 148 valence electrons. The third kappa shape index (κ3) is 4.51.